The zero-order valence-corrected chi connectivity index (χ0v) is 17.0. The third kappa shape index (κ3) is 4.17. The monoisotopic (exact) mass is 399 g/mol. The van der Waals surface area contributed by atoms with E-state index in [0.717, 1.165) is 22.4 Å². The van der Waals surface area contributed by atoms with Crippen molar-refractivity contribution in [2.24, 2.45) is 0 Å². The molecule has 3 N–H and O–H groups in total. The number of rotatable bonds is 5. The van der Waals surface area contributed by atoms with Crippen LogP contribution in [-0.2, 0) is 4.79 Å². The van der Waals surface area contributed by atoms with Gasteiger partial charge in [-0.25, -0.2) is 9.07 Å². The van der Waals surface area contributed by atoms with Gasteiger partial charge in [-0.15, -0.1) is 10.2 Å². The van der Waals surface area contributed by atoms with Gasteiger partial charge in [-0.05, 0) is 51.0 Å². The summed E-state index contributed by atoms with van der Waals surface area (Å²) in [5, 5.41) is 11.0. The van der Waals surface area contributed by atoms with Crippen LogP contribution in [0, 0.1) is 26.6 Å². The number of carbonyl (C=O) groups excluding carboxylic acids is 1. The summed E-state index contributed by atoms with van der Waals surface area (Å²) in [6.07, 6.45) is 0. The van der Waals surface area contributed by atoms with Crippen LogP contribution in [0.3, 0.4) is 0 Å². The van der Waals surface area contributed by atoms with Gasteiger partial charge >= 0.3 is 0 Å². The minimum absolute atomic E-state index is 0.157. The van der Waals surface area contributed by atoms with E-state index in [4.69, 9.17) is 5.84 Å². The molecule has 1 amide bonds. The lowest BCUT2D eigenvalue weighted by atomic mass is 10.1. The third-order valence-electron chi connectivity index (χ3n) is 4.32. The van der Waals surface area contributed by atoms with E-state index < -0.39 is 5.25 Å². The number of thioether (sulfide) groups is 1. The van der Waals surface area contributed by atoms with Gasteiger partial charge in [0.2, 0.25) is 11.1 Å². The van der Waals surface area contributed by atoms with Crippen molar-refractivity contribution in [3.05, 3.63) is 58.9 Å². The zero-order valence-electron chi connectivity index (χ0n) is 16.2. The lowest BCUT2D eigenvalue weighted by Crippen LogP contribution is -2.24. The fourth-order valence-corrected chi connectivity index (χ4v) is 3.77. The summed E-state index contributed by atoms with van der Waals surface area (Å²) >= 11 is 1.19. The van der Waals surface area contributed by atoms with E-state index in [1.807, 2.05) is 32.9 Å². The second-order valence-electron chi connectivity index (χ2n) is 6.71. The maximum Gasteiger partial charge on any atom is 0.237 e. The van der Waals surface area contributed by atoms with Crippen LogP contribution in [0.15, 0.2) is 41.6 Å². The predicted octanol–water partition coefficient (Wildman–Crippen LogP) is 3.84. The average Bonchev–Trinajstić information content (AvgIpc) is 2.98. The number of aromatic nitrogens is 3. The minimum Gasteiger partial charge on any atom is -0.335 e. The molecular weight excluding hydrogens is 377 g/mol. The Morgan fingerprint density at radius 3 is 2.50 bits per heavy atom. The highest BCUT2D eigenvalue weighted by atomic mass is 32.2. The number of nitrogens with two attached hydrogens (primary N) is 1. The highest BCUT2D eigenvalue weighted by molar-refractivity contribution is 8.00. The molecule has 6 nitrogen and oxygen atoms in total. The lowest BCUT2D eigenvalue weighted by molar-refractivity contribution is -0.115. The van der Waals surface area contributed by atoms with Crippen molar-refractivity contribution in [3.63, 3.8) is 0 Å². The molecule has 3 aromatic rings. The van der Waals surface area contributed by atoms with Crippen molar-refractivity contribution in [2.75, 3.05) is 11.2 Å². The molecule has 0 aliphatic carbocycles. The van der Waals surface area contributed by atoms with Crippen LogP contribution in [0.5, 0.6) is 0 Å². The first-order valence-electron chi connectivity index (χ1n) is 8.78. The largest absolute Gasteiger partial charge is 0.335 e. The molecule has 1 aromatic heterocycles. The van der Waals surface area contributed by atoms with Gasteiger partial charge in [-0.1, -0.05) is 41.6 Å². The van der Waals surface area contributed by atoms with E-state index in [-0.39, 0.29) is 11.7 Å². The molecule has 0 saturated heterocycles. The summed E-state index contributed by atoms with van der Waals surface area (Å²) in [5.41, 5.74) is 4.51. The van der Waals surface area contributed by atoms with Crippen LogP contribution in [0.4, 0.5) is 10.1 Å². The van der Waals surface area contributed by atoms with E-state index in [2.05, 4.69) is 15.5 Å². The number of benzene rings is 2. The highest BCUT2D eigenvalue weighted by Gasteiger charge is 2.21. The van der Waals surface area contributed by atoms with E-state index >= 15 is 0 Å². The van der Waals surface area contributed by atoms with Crippen molar-refractivity contribution >= 4 is 23.4 Å². The number of anilines is 1. The molecule has 1 atom stereocenters. The van der Waals surface area contributed by atoms with Crippen molar-refractivity contribution in [3.8, 4) is 11.4 Å². The standard InChI is InChI=1S/C20H22FN5OS/c1-11-8-12(2)17(13(3)9-11)23-19(27)14(4)28-20-25-24-18(26(20)22)15-6-5-7-16(21)10-15/h5-10,14H,22H2,1-4H3,(H,23,27)/t14-/m1/s1. The number of carbonyl (C=O) groups is 1. The Bertz CT molecular complexity index is 1010. The molecule has 0 aliphatic rings. The van der Waals surface area contributed by atoms with Gasteiger partial charge in [0.05, 0.1) is 5.25 Å². The minimum atomic E-state index is -0.452. The fourth-order valence-electron chi connectivity index (χ4n) is 3.00. The maximum absolute atomic E-state index is 13.4. The smallest absolute Gasteiger partial charge is 0.237 e. The molecule has 0 saturated carbocycles. The lowest BCUT2D eigenvalue weighted by Gasteiger charge is -2.16. The first kappa shape index (κ1) is 19.9. The number of hydrogen-bond donors (Lipinski definition) is 2. The van der Waals surface area contributed by atoms with Crippen LogP contribution in [-0.4, -0.2) is 26.0 Å². The SMILES string of the molecule is Cc1cc(C)c(NC(=O)[C@@H](C)Sc2nnc(-c3cccc(F)c3)n2N)c(C)c1. The van der Waals surface area contributed by atoms with Crippen LogP contribution in [0.25, 0.3) is 11.4 Å². The van der Waals surface area contributed by atoms with Crippen molar-refractivity contribution in [1.29, 1.82) is 0 Å². The molecule has 8 heteroatoms. The number of amides is 1. The first-order valence-corrected chi connectivity index (χ1v) is 9.66. The van der Waals surface area contributed by atoms with E-state index in [1.165, 1.54) is 28.6 Å². The Kier molecular flexibility index (Phi) is 5.69. The van der Waals surface area contributed by atoms with Crippen LogP contribution >= 0.6 is 11.8 Å². The van der Waals surface area contributed by atoms with Gasteiger partial charge in [0, 0.05) is 11.3 Å². The number of halogens is 1. The quantitative estimate of drug-likeness (QED) is 0.503. The van der Waals surface area contributed by atoms with E-state index in [9.17, 15) is 9.18 Å². The molecule has 0 spiro atoms. The van der Waals surface area contributed by atoms with Crippen LogP contribution in [0.2, 0.25) is 0 Å². The van der Waals surface area contributed by atoms with Crippen molar-refractivity contribution in [2.45, 2.75) is 38.1 Å². The molecule has 0 bridgehead atoms. The van der Waals surface area contributed by atoms with Crippen LogP contribution < -0.4 is 11.2 Å². The predicted molar refractivity (Wildman–Crippen MR) is 110 cm³/mol. The number of nitrogen functional groups attached to an aromatic ring is 1. The van der Waals surface area contributed by atoms with Crippen molar-refractivity contribution in [1.82, 2.24) is 14.9 Å². The summed E-state index contributed by atoms with van der Waals surface area (Å²) in [7, 11) is 0. The van der Waals surface area contributed by atoms with Gasteiger partial charge in [-0.2, -0.15) is 0 Å². The number of aryl methyl sites for hydroxylation is 3. The summed E-state index contributed by atoms with van der Waals surface area (Å²) < 4.78 is 14.7. The Morgan fingerprint density at radius 1 is 1.18 bits per heavy atom. The Morgan fingerprint density at radius 2 is 1.86 bits per heavy atom. The normalized spacial score (nSPS) is 12.0. The molecule has 146 valence electrons. The molecular formula is C20H22FN5OS. The zero-order chi connectivity index (χ0) is 20.4. The average molecular weight is 399 g/mol. The summed E-state index contributed by atoms with van der Waals surface area (Å²) in [6, 6.07) is 10.0. The number of nitrogens with zero attached hydrogens (tertiary/aromatic N) is 3. The Balaban J connectivity index is 1.75. The van der Waals surface area contributed by atoms with E-state index in [0.29, 0.717) is 16.5 Å². The number of hydrogen-bond acceptors (Lipinski definition) is 5. The summed E-state index contributed by atoms with van der Waals surface area (Å²) in [4.78, 5) is 12.7. The molecule has 2 aromatic carbocycles. The second kappa shape index (κ2) is 8.02. The second-order valence-corrected chi connectivity index (χ2v) is 8.02. The fraction of sp³-hybridized carbons (Fsp3) is 0.250. The highest BCUT2D eigenvalue weighted by Crippen LogP contribution is 2.27. The Labute approximate surface area is 167 Å². The van der Waals surface area contributed by atoms with Gasteiger partial charge in [0.25, 0.3) is 0 Å². The molecule has 0 fully saturated rings. The molecule has 1 heterocycles. The van der Waals surface area contributed by atoms with Gasteiger partial charge < -0.3 is 11.2 Å². The summed E-state index contributed by atoms with van der Waals surface area (Å²) in [6.45, 7) is 7.73. The van der Waals surface area contributed by atoms with Gasteiger partial charge in [0.15, 0.2) is 5.82 Å². The number of nitrogens with one attached hydrogen (secondary N) is 1. The molecule has 3 rings (SSSR count). The maximum atomic E-state index is 13.4. The molecule has 0 radical (unpaired) electrons. The first-order chi connectivity index (χ1) is 13.3. The molecule has 0 unspecified atom stereocenters. The molecule has 0 aliphatic heterocycles. The Hall–Kier alpha value is -2.87. The van der Waals surface area contributed by atoms with E-state index in [1.54, 1.807) is 19.1 Å². The van der Waals surface area contributed by atoms with Gasteiger partial charge in [-0.3, -0.25) is 4.79 Å². The third-order valence-corrected chi connectivity index (χ3v) is 5.38. The topological polar surface area (TPSA) is 85.8 Å². The van der Waals surface area contributed by atoms with Gasteiger partial charge in [0.1, 0.15) is 5.82 Å². The van der Waals surface area contributed by atoms with Crippen molar-refractivity contribution < 1.29 is 9.18 Å². The van der Waals surface area contributed by atoms with Crippen LogP contribution in [0.1, 0.15) is 23.6 Å². The molecule has 28 heavy (non-hydrogen) atoms. The summed E-state index contributed by atoms with van der Waals surface area (Å²) in [5.74, 6) is 5.86.